The number of carbonyl (C=O) groups is 2. The van der Waals surface area contributed by atoms with E-state index in [0.717, 1.165) is 50.8 Å². The standard InChI is InChI=1S/C25H32N4O2/c30-24(23-11-17-28(18-12-23)25(31)27-14-4-5-15-27)29(20-22-9-6-13-26-19-22)16-10-21-7-2-1-3-8-21/h1-3,6-9,13,19,23H,4-5,10-12,14-18,20H2. The Bertz CT molecular complexity index is 844. The van der Waals surface area contributed by atoms with E-state index in [1.807, 2.05) is 51.2 Å². The number of hydrogen-bond acceptors (Lipinski definition) is 3. The van der Waals surface area contributed by atoms with Gasteiger partial charge in [-0.15, -0.1) is 0 Å². The average molecular weight is 421 g/mol. The summed E-state index contributed by atoms with van der Waals surface area (Å²) >= 11 is 0. The number of urea groups is 1. The Labute approximate surface area is 184 Å². The molecule has 2 saturated heterocycles. The molecule has 0 unspecified atom stereocenters. The summed E-state index contributed by atoms with van der Waals surface area (Å²) in [4.78, 5) is 36.2. The van der Waals surface area contributed by atoms with Gasteiger partial charge in [-0.05, 0) is 49.3 Å². The molecule has 2 aliphatic rings. The van der Waals surface area contributed by atoms with Crippen molar-refractivity contribution >= 4 is 11.9 Å². The molecule has 4 rings (SSSR count). The molecule has 3 heterocycles. The van der Waals surface area contributed by atoms with Gasteiger partial charge in [-0.2, -0.15) is 0 Å². The third-order valence-corrected chi connectivity index (χ3v) is 6.41. The maximum atomic E-state index is 13.4. The number of likely N-dealkylation sites (tertiary alicyclic amines) is 2. The molecule has 2 aliphatic heterocycles. The van der Waals surface area contributed by atoms with E-state index in [-0.39, 0.29) is 17.9 Å². The van der Waals surface area contributed by atoms with Crippen LogP contribution in [0.5, 0.6) is 0 Å². The molecule has 6 nitrogen and oxygen atoms in total. The summed E-state index contributed by atoms with van der Waals surface area (Å²) < 4.78 is 0. The number of benzene rings is 1. The maximum Gasteiger partial charge on any atom is 0.319 e. The van der Waals surface area contributed by atoms with Gasteiger partial charge in [0.05, 0.1) is 0 Å². The predicted molar refractivity (Wildman–Crippen MR) is 120 cm³/mol. The van der Waals surface area contributed by atoms with Crippen LogP contribution in [-0.2, 0) is 17.8 Å². The topological polar surface area (TPSA) is 56.8 Å². The van der Waals surface area contributed by atoms with Gasteiger partial charge in [0, 0.05) is 57.6 Å². The van der Waals surface area contributed by atoms with Crippen LogP contribution < -0.4 is 0 Å². The number of piperidine rings is 1. The van der Waals surface area contributed by atoms with Gasteiger partial charge in [-0.1, -0.05) is 36.4 Å². The summed E-state index contributed by atoms with van der Waals surface area (Å²) in [5.74, 6) is 0.183. The molecule has 0 bridgehead atoms. The second-order valence-electron chi connectivity index (χ2n) is 8.59. The van der Waals surface area contributed by atoms with Crippen molar-refractivity contribution in [1.82, 2.24) is 19.7 Å². The van der Waals surface area contributed by atoms with Crippen molar-refractivity contribution in [2.75, 3.05) is 32.7 Å². The van der Waals surface area contributed by atoms with E-state index < -0.39 is 0 Å². The van der Waals surface area contributed by atoms with Crippen molar-refractivity contribution in [3.05, 3.63) is 66.0 Å². The fourth-order valence-corrected chi connectivity index (χ4v) is 4.57. The van der Waals surface area contributed by atoms with Gasteiger partial charge < -0.3 is 14.7 Å². The molecule has 0 spiro atoms. The van der Waals surface area contributed by atoms with Crippen LogP contribution in [0.2, 0.25) is 0 Å². The number of nitrogens with zero attached hydrogens (tertiary/aromatic N) is 4. The third-order valence-electron chi connectivity index (χ3n) is 6.41. The normalized spacial score (nSPS) is 17.0. The molecule has 1 aromatic carbocycles. The Balaban J connectivity index is 1.37. The highest BCUT2D eigenvalue weighted by Gasteiger charge is 2.32. The SMILES string of the molecule is O=C(C1CCN(C(=O)N2CCCC2)CC1)N(CCc1ccccc1)Cc1cccnc1. The van der Waals surface area contributed by atoms with Gasteiger partial charge in [0.2, 0.25) is 5.91 Å². The van der Waals surface area contributed by atoms with Gasteiger partial charge in [-0.3, -0.25) is 9.78 Å². The lowest BCUT2D eigenvalue weighted by Crippen LogP contribution is -2.48. The van der Waals surface area contributed by atoms with Crippen molar-refractivity contribution in [3.63, 3.8) is 0 Å². The zero-order valence-corrected chi connectivity index (χ0v) is 18.2. The zero-order valence-electron chi connectivity index (χ0n) is 18.2. The van der Waals surface area contributed by atoms with Crippen molar-refractivity contribution in [2.45, 2.75) is 38.6 Å². The van der Waals surface area contributed by atoms with E-state index in [9.17, 15) is 9.59 Å². The second kappa shape index (κ2) is 10.4. The first-order chi connectivity index (χ1) is 15.2. The van der Waals surface area contributed by atoms with Gasteiger partial charge in [0.15, 0.2) is 0 Å². The Morgan fingerprint density at radius 2 is 1.58 bits per heavy atom. The van der Waals surface area contributed by atoms with E-state index in [1.165, 1.54) is 5.56 Å². The summed E-state index contributed by atoms with van der Waals surface area (Å²) in [6.07, 6.45) is 8.11. The summed E-state index contributed by atoms with van der Waals surface area (Å²) in [6, 6.07) is 14.4. The minimum absolute atomic E-state index is 0.0185. The fraction of sp³-hybridized carbons (Fsp3) is 0.480. The molecule has 1 aromatic heterocycles. The van der Waals surface area contributed by atoms with Crippen molar-refractivity contribution in [1.29, 1.82) is 0 Å². The third kappa shape index (κ3) is 5.63. The minimum Gasteiger partial charge on any atom is -0.338 e. The molecule has 0 atom stereocenters. The number of aromatic nitrogens is 1. The molecule has 2 aromatic rings. The smallest absolute Gasteiger partial charge is 0.319 e. The lowest BCUT2D eigenvalue weighted by molar-refractivity contribution is -0.137. The summed E-state index contributed by atoms with van der Waals surface area (Å²) in [6.45, 7) is 4.35. The second-order valence-corrected chi connectivity index (χ2v) is 8.59. The van der Waals surface area contributed by atoms with Gasteiger partial charge in [0.25, 0.3) is 0 Å². The van der Waals surface area contributed by atoms with Crippen LogP contribution in [0.1, 0.15) is 36.8 Å². The zero-order chi connectivity index (χ0) is 21.5. The number of hydrogen-bond donors (Lipinski definition) is 0. The predicted octanol–water partition coefficient (Wildman–Crippen LogP) is 3.58. The Morgan fingerprint density at radius 1 is 0.903 bits per heavy atom. The van der Waals surface area contributed by atoms with Crippen LogP contribution in [0.4, 0.5) is 4.79 Å². The van der Waals surface area contributed by atoms with E-state index in [1.54, 1.807) is 6.20 Å². The molecule has 6 heteroatoms. The van der Waals surface area contributed by atoms with Crippen LogP contribution in [0.15, 0.2) is 54.9 Å². The van der Waals surface area contributed by atoms with Crippen molar-refractivity contribution in [2.24, 2.45) is 5.92 Å². The molecule has 2 fully saturated rings. The van der Waals surface area contributed by atoms with Crippen LogP contribution in [0.25, 0.3) is 0 Å². The Kier molecular flexibility index (Phi) is 7.18. The molecule has 31 heavy (non-hydrogen) atoms. The van der Waals surface area contributed by atoms with Crippen molar-refractivity contribution < 1.29 is 9.59 Å². The summed E-state index contributed by atoms with van der Waals surface area (Å²) in [7, 11) is 0. The monoisotopic (exact) mass is 420 g/mol. The first-order valence-electron chi connectivity index (χ1n) is 11.5. The lowest BCUT2D eigenvalue weighted by Gasteiger charge is -2.36. The molecular formula is C25H32N4O2. The molecule has 164 valence electrons. The fourth-order valence-electron chi connectivity index (χ4n) is 4.57. The van der Waals surface area contributed by atoms with Gasteiger partial charge in [-0.25, -0.2) is 4.79 Å². The van der Waals surface area contributed by atoms with Gasteiger partial charge >= 0.3 is 6.03 Å². The highest BCUT2D eigenvalue weighted by atomic mass is 16.2. The van der Waals surface area contributed by atoms with Crippen molar-refractivity contribution in [3.8, 4) is 0 Å². The first kappa shape index (κ1) is 21.3. The van der Waals surface area contributed by atoms with Crippen LogP contribution in [0.3, 0.4) is 0 Å². The largest absolute Gasteiger partial charge is 0.338 e. The number of amides is 3. The van der Waals surface area contributed by atoms with E-state index >= 15 is 0 Å². The Hall–Kier alpha value is -2.89. The van der Waals surface area contributed by atoms with Crippen LogP contribution in [-0.4, -0.2) is 64.3 Å². The summed E-state index contributed by atoms with van der Waals surface area (Å²) in [5.41, 5.74) is 2.28. The highest BCUT2D eigenvalue weighted by Crippen LogP contribution is 2.23. The molecule has 0 N–H and O–H groups in total. The highest BCUT2D eigenvalue weighted by molar-refractivity contribution is 5.80. The van der Waals surface area contributed by atoms with Gasteiger partial charge in [0.1, 0.15) is 0 Å². The lowest BCUT2D eigenvalue weighted by atomic mass is 9.95. The Morgan fingerprint density at radius 3 is 2.26 bits per heavy atom. The maximum absolute atomic E-state index is 13.4. The van der Waals surface area contributed by atoms with E-state index in [4.69, 9.17) is 0 Å². The molecule has 0 aliphatic carbocycles. The number of rotatable bonds is 6. The molecule has 0 saturated carbocycles. The number of pyridine rings is 1. The van der Waals surface area contributed by atoms with Crippen LogP contribution >= 0.6 is 0 Å². The molecule has 0 radical (unpaired) electrons. The first-order valence-corrected chi connectivity index (χ1v) is 11.5. The summed E-state index contributed by atoms with van der Waals surface area (Å²) in [5, 5.41) is 0. The average Bonchev–Trinajstić information content (AvgIpc) is 3.37. The minimum atomic E-state index is -0.0185. The van der Waals surface area contributed by atoms with E-state index in [0.29, 0.717) is 26.2 Å². The molecular weight excluding hydrogens is 388 g/mol. The van der Waals surface area contributed by atoms with Crippen LogP contribution in [0, 0.1) is 5.92 Å². The molecule has 3 amide bonds. The van der Waals surface area contributed by atoms with E-state index in [2.05, 4.69) is 17.1 Å². The number of carbonyl (C=O) groups excluding carboxylic acids is 2. The quantitative estimate of drug-likeness (QED) is 0.718.